The highest BCUT2D eigenvalue weighted by Gasteiger charge is 2.14. The number of imidazole rings is 1. The Morgan fingerprint density at radius 2 is 2.00 bits per heavy atom. The molecule has 2 heterocycles. The van der Waals surface area contributed by atoms with E-state index in [1.165, 1.54) is 0 Å². The fourth-order valence-electron chi connectivity index (χ4n) is 1.96. The van der Waals surface area contributed by atoms with Gasteiger partial charge in [-0.05, 0) is 25.1 Å². The van der Waals surface area contributed by atoms with Crippen LogP contribution in [0.15, 0.2) is 18.2 Å². The molecule has 0 spiro atoms. The molecular weight excluding hydrogens is 218 g/mol. The summed E-state index contributed by atoms with van der Waals surface area (Å²) in [6, 6.07) is 5.78. The summed E-state index contributed by atoms with van der Waals surface area (Å²) in [7, 11) is 0. The van der Waals surface area contributed by atoms with Gasteiger partial charge in [-0.3, -0.25) is 0 Å². The third kappa shape index (κ3) is 1.69. The number of H-pyrrole nitrogens is 1. The molecule has 1 aromatic heterocycles. The highest BCUT2D eigenvalue weighted by molar-refractivity contribution is 5.67. The summed E-state index contributed by atoms with van der Waals surface area (Å²) in [5.74, 6) is 1.96. The van der Waals surface area contributed by atoms with Crippen LogP contribution in [0.5, 0.6) is 11.5 Å². The van der Waals surface area contributed by atoms with E-state index in [2.05, 4.69) is 9.97 Å². The minimum Gasteiger partial charge on any atom is -0.486 e. The van der Waals surface area contributed by atoms with Gasteiger partial charge in [0, 0.05) is 11.3 Å². The number of rotatable bonds is 1. The molecule has 5 heteroatoms. The maximum absolute atomic E-state index is 5.63. The van der Waals surface area contributed by atoms with E-state index in [0.717, 1.165) is 28.5 Å². The first-order chi connectivity index (χ1) is 8.24. The lowest BCUT2D eigenvalue weighted by Gasteiger charge is -2.18. The number of aromatic amines is 1. The highest BCUT2D eigenvalue weighted by atomic mass is 16.6. The Morgan fingerprint density at radius 3 is 2.71 bits per heavy atom. The fraction of sp³-hybridized carbons (Fsp3) is 0.250. The Balaban J connectivity index is 2.06. The molecule has 0 aliphatic carbocycles. The van der Waals surface area contributed by atoms with Crippen molar-refractivity contribution in [3.05, 3.63) is 23.9 Å². The lowest BCUT2D eigenvalue weighted by Crippen LogP contribution is -2.15. The van der Waals surface area contributed by atoms with Crippen LogP contribution in [-0.4, -0.2) is 23.2 Å². The van der Waals surface area contributed by atoms with E-state index in [9.17, 15) is 0 Å². The number of anilines is 1. The minimum absolute atomic E-state index is 0.424. The molecule has 0 atom stereocenters. The normalized spacial score (nSPS) is 13.7. The molecule has 0 bridgehead atoms. The molecule has 5 nitrogen and oxygen atoms in total. The number of benzene rings is 1. The summed E-state index contributed by atoms with van der Waals surface area (Å²) in [6.07, 6.45) is 0. The molecule has 0 saturated carbocycles. The monoisotopic (exact) mass is 231 g/mol. The number of hydrogen-bond acceptors (Lipinski definition) is 4. The second-order valence-corrected chi connectivity index (χ2v) is 3.95. The third-order valence-electron chi connectivity index (χ3n) is 2.72. The number of aryl methyl sites for hydroxylation is 1. The van der Waals surface area contributed by atoms with Gasteiger partial charge in [-0.25, -0.2) is 4.98 Å². The largest absolute Gasteiger partial charge is 0.486 e. The number of nitrogen functional groups attached to an aromatic ring is 1. The first-order valence-electron chi connectivity index (χ1n) is 5.46. The second-order valence-electron chi connectivity index (χ2n) is 3.95. The average Bonchev–Trinajstić information content (AvgIpc) is 2.68. The molecule has 0 radical (unpaired) electrons. The number of aromatic nitrogens is 2. The van der Waals surface area contributed by atoms with Crippen LogP contribution in [0.25, 0.3) is 11.3 Å². The number of hydrogen-bond donors (Lipinski definition) is 2. The van der Waals surface area contributed by atoms with Gasteiger partial charge in [0.05, 0.1) is 5.69 Å². The van der Waals surface area contributed by atoms with Crippen molar-refractivity contribution in [2.24, 2.45) is 0 Å². The molecule has 1 aromatic carbocycles. The van der Waals surface area contributed by atoms with E-state index in [-0.39, 0.29) is 0 Å². The molecule has 1 aliphatic rings. The summed E-state index contributed by atoms with van der Waals surface area (Å²) < 4.78 is 11.0. The van der Waals surface area contributed by atoms with Crippen LogP contribution in [0, 0.1) is 6.92 Å². The van der Waals surface area contributed by atoms with Crippen LogP contribution in [-0.2, 0) is 0 Å². The number of nitrogens with two attached hydrogens (primary N) is 1. The third-order valence-corrected chi connectivity index (χ3v) is 2.72. The van der Waals surface area contributed by atoms with Gasteiger partial charge in [0.15, 0.2) is 17.4 Å². The Labute approximate surface area is 98.6 Å². The summed E-state index contributed by atoms with van der Waals surface area (Å²) in [5.41, 5.74) is 8.39. The highest BCUT2D eigenvalue weighted by Crippen LogP contribution is 2.34. The Morgan fingerprint density at radius 1 is 1.24 bits per heavy atom. The van der Waals surface area contributed by atoms with Gasteiger partial charge in [0.2, 0.25) is 0 Å². The molecule has 17 heavy (non-hydrogen) atoms. The molecule has 0 amide bonds. The average molecular weight is 231 g/mol. The lowest BCUT2D eigenvalue weighted by molar-refractivity contribution is 0.171. The molecule has 1 aliphatic heterocycles. The van der Waals surface area contributed by atoms with E-state index in [1.54, 1.807) is 0 Å². The first kappa shape index (κ1) is 10.0. The molecule has 0 saturated heterocycles. The maximum Gasteiger partial charge on any atom is 0.198 e. The number of fused-ring (bicyclic) bond motifs is 1. The standard InChI is InChI=1S/C12H13N3O2/c1-7-11(15-12(13)14-7)8-2-3-9-10(6-8)17-5-4-16-9/h2-3,6H,4-5H2,1H3,(H3,13,14,15). The van der Waals surface area contributed by atoms with Crippen molar-refractivity contribution in [1.29, 1.82) is 0 Å². The first-order valence-corrected chi connectivity index (χ1v) is 5.46. The zero-order valence-corrected chi connectivity index (χ0v) is 9.49. The molecule has 88 valence electrons. The topological polar surface area (TPSA) is 73.2 Å². The van der Waals surface area contributed by atoms with E-state index < -0.39 is 0 Å². The molecule has 2 aromatic rings. The van der Waals surface area contributed by atoms with Crippen LogP contribution >= 0.6 is 0 Å². The SMILES string of the molecule is Cc1[nH]c(N)nc1-c1ccc2c(c1)OCCO2. The lowest BCUT2D eigenvalue weighted by atomic mass is 10.1. The molecule has 0 fully saturated rings. The number of nitrogens with one attached hydrogen (secondary N) is 1. The van der Waals surface area contributed by atoms with Gasteiger partial charge in [-0.2, -0.15) is 0 Å². The smallest absolute Gasteiger partial charge is 0.198 e. The van der Waals surface area contributed by atoms with Crippen molar-refractivity contribution >= 4 is 5.95 Å². The zero-order chi connectivity index (χ0) is 11.8. The van der Waals surface area contributed by atoms with E-state index in [4.69, 9.17) is 15.2 Å². The van der Waals surface area contributed by atoms with Gasteiger partial charge >= 0.3 is 0 Å². The number of ether oxygens (including phenoxy) is 2. The van der Waals surface area contributed by atoms with Crippen molar-refractivity contribution in [2.45, 2.75) is 6.92 Å². The van der Waals surface area contributed by atoms with Crippen molar-refractivity contribution in [1.82, 2.24) is 9.97 Å². The van der Waals surface area contributed by atoms with Gasteiger partial charge < -0.3 is 20.2 Å². The summed E-state index contributed by atoms with van der Waals surface area (Å²) in [4.78, 5) is 7.24. The van der Waals surface area contributed by atoms with Crippen LogP contribution in [0.1, 0.15) is 5.69 Å². The van der Waals surface area contributed by atoms with E-state index in [0.29, 0.717) is 19.2 Å². The Kier molecular flexibility index (Phi) is 2.18. The van der Waals surface area contributed by atoms with Gasteiger partial charge in [0.25, 0.3) is 0 Å². The van der Waals surface area contributed by atoms with E-state index >= 15 is 0 Å². The molecular formula is C12H13N3O2. The predicted molar refractivity (Wildman–Crippen MR) is 64.2 cm³/mol. The van der Waals surface area contributed by atoms with Crippen LogP contribution in [0.2, 0.25) is 0 Å². The number of nitrogens with zero attached hydrogens (tertiary/aromatic N) is 1. The molecule has 3 rings (SSSR count). The molecule has 3 N–H and O–H groups in total. The van der Waals surface area contributed by atoms with Gasteiger partial charge in [-0.15, -0.1) is 0 Å². The Hall–Kier alpha value is -2.17. The summed E-state index contributed by atoms with van der Waals surface area (Å²) in [6.45, 7) is 3.12. The quantitative estimate of drug-likeness (QED) is 0.784. The van der Waals surface area contributed by atoms with Crippen molar-refractivity contribution < 1.29 is 9.47 Å². The zero-order valence-electron chi connectivity index (χ0n) is 9.49. The molecule has 0 unspecified atom stereocenters. The van der Waals surface area contributed by atoms with Crippen molar-refractivity contribution in [3.63, 3.8) is 0 Å². The minimum atomic E-state index is 0.424. The van der Waals surface area contributed by atoms with Crippen LogP contribution in [0.3, 0.4) is 0 Å². The predicted octanol–water partition coefficient (Wildman–Crippen LogP) is 1.74. The van der Waals surface area contributed by atoms with Crippen LogP contribution in [0.4, 0.5) is 5.95 Å². The van der Waals surface area contributed by atoms with Gasteiger partial charge in [0.1, 0.15) is 13.2 Å². The summed E-state index contributed by atoms with van der Waals surface area (Å²) >= 11 is 0. The second kappa shape index (κ2) is 3.69. The van der Waals surface area contributed by atoms with Gasteiger partial charge in [-0.1, -0.05) is 0 Å². The fourth-order valence-corrected chi connectivity index (χ4v) is 1.96. The maximum atomic E-state index is 5.63. The van der Waals surface area contributed by atoms with Crippen LogP contribution < -0.4 is 15.2 Å². The van der Waals surface area contributed by atoms with Crippen molar-refractivity contribution in [3.8, 4) is 22.8 Å². The van der Waals surface area contributed by atoms with E-state index in [1.807, 2.05) is 25.1 Å². The summed E-state index contributed by atoms with van der Waals surface area (Å²) in [5, 5.41) is 0. The Bertz CT molecular complexity index is 563. The van der Waals surface area contributed by atoms with Crippen molar-refractivity contribution in [2.75, 3.05) is 18.9 Å².